The van der Waals surface area contributed by atoms with Gasteiger partial charge in [0.2, 0.25) is 0 Å². The molecule has 1 amide bonds. The molecule has 6 nitrogen and oxygen atoms in total. The van der Waals surface area contributed by atoms with Crippen LogP contribution in [0.2, 0.25) is 0 Å². The molecule has 0 bridgehead atoms. The molecular weight excluding hydrogens is 436 g/mol. The number of methoxy groups -OCH3 is 1. The van der Waals surface area contributed by atoms with Crippen molar-refractivity contribution in [1.82, 2.24) is 15.0 Å². The van der Waals surface area contributed by atoms with Crippen LogP contribution in [0.3, 0.4) is 0 Å². The first-order chi connectivity index (χ1) is 14.7. The van der Waals surface area contributed by atoms with E-state index in [-0.39, 0.29) is 17.7 Å². The lowest BCUT2D eigenvalue weighted by molar-refractivity contribution is -0.130. The van der Waals surface area contributed by atoms with Gasteiger partial charge in [0.15, 0.2) is 5.16 Å². The van der Waals surface area contributed by atoms with E-state index in [0.717, 1.165) is 38.7 Å². The number of hydrazone groups is 1. The van der Waals surface area contributed by atoms with Gasteiger partial charge in [0.1, 0.15) is 5.75 Å². The monoisotopic (exact) mass is 454 g/mol. The molecule has 0 fully saturated rings. The smallest absolute Gasteiger partial charge is 0.253 e. The molecule has 4 heterocycles. The number of benzene rings is 1. The maximum Gasteiger partial charge on any atom is 0.253 e. The standard InChI is InChI=1S/C21H18N4O2S3/c1-27-13-6-7-14-15(10-13)23-21(22-14)30-12-20(26)25-17(19-5-3-9-29-19)11-16(24-25)18-4-2-8-28-18/h2-10,17H,11-12H2,1H3,(H,22,23)/t17-/m0/s1. The molecule has 1 aromatic carbocycles. The quantitative estimate of drug-likeness (QED) is 0.408. The summed E-state index contributed by atoms with van der Waals surface area (Å²) in [5.74, 6) is 1.01. The Morgan fingerprint density at radius 2 is 2.13 bits per heavy atom. The molecule has 0 radical (unpaired) electrons. The molecule has 1 N–H and O–H groups in total. The number of carbonyl (C=O) groups excluding carboxylic acids is 1. The van der Waals surface area contributed by atoms with Crippen molar-refractivity contribution in [3.63, 3.8) is 0 Å². The Labute approximate surface area is 185 Å². The third-order valence-corrected chi connectivity index (χ3v) is 7.59. The lowest BCUT2D eigenvalue weighted by atomic mass is 10.1. The van der Waals surface area contributed by atoms with Gasteiger partial charge in [0.05, 0.1) is 40.5 Å². The van der Waals surface area contributed by atoms with Crippen LogP contribution in [0, 0.1) is 0 Å². The molecule has 0 saturated carbocycles. The van der Waals surface area contributed by atoms with Crippen LogP contribution in [0.15, 0.2) is 63.5 Å². The second kappa shape index (κ2) is 8.25. The molecule has 4 aromatic rings. The predicted molar refractivity (Wildman–Crippen MR) is 123 cm³/mol. The number of hydrogen-bond acceptors (Lipinski definition) is 7. The summed E-state index contributed by atoms with van der Waals surface area (Å²) in [6.45, 7) is 0. The fraction of sp³-hybridized carbons (Fsp3) is 0.190. The minimum atomic E-state index is -0.0462. The number of thioether (sulfide) groups is 1. The van der Waals surface area contributed by atoms with Gasteiger partial charge in [-0.25, -0.2) is 9.99 Å². The Kier molecular flexibility index (Phi) is 5.32. The van der Waals surface area contributed by atoms with Gasteiger partial charge in [-0.3, -0.25) is 4.79 Å². The molecule has 1 atom stereocenters. The lowest BCUT2D eigenvalue weighted by Gasteiger charge is -2.20. The van der Waals surface area contributed by atoms with Gasteiger partial charge in [-0.15, -0.1) is 22.7 Å². The van der Waals surface area contributed by atoms with E-state index in [0.29, 0.717) is 5.16 Å². The highest BCUT2D eigenvalue weighted by molar-refractivity contribution is 7.99. The highest BCUT2D eigenvalue weighted by Crippen LogP contribution is 2.36. The van der Waals surface area contributed by atoms with Gasteiger partial charge in [0, 0.05) is 17.4 Å². The normalized spacial score (nSPS) is 16.2. The van der Waals surface area contributed by atoms with Crippen molar-refractivity contribution < 1.29 is 9.53 Å². The van der Waals surface area contributed by atoms with E-state index in [9.17, 15) is 4.79 Å². The summed E-state index contributed by atoms with van der Waals surface area (Å²) in [5.41, 5.74) is 2.71. The largest absolute Gasteiger partial charge is 0.497 e. The summed E-state index contributed by atoms with van der Waals surface area (Å²) < 4.78 is 5.26. The Morgan fingerprint density at radius 3 is 2.90 bits per heavy atom. The number of nitrogens with one attached hydrogen (secondary N) is 1. The SMILES string of the molecule is COc1ccc2nc(SCC(=O)N3N=C(c4cccs4)C[C@H]3c3cccs3)[nH]c2c1. The first-order valence-corrected chi connectivity index (χ1v) is 12.1. The molecule has 9 heteroatoms. The number of H-pyrrole nitrogens is 1. The molecule has 1 aliphatic rings. The number of fused-ring (bicyclic) bond motifs is 1. The van der Waals surface area contributed by atoms with Gasteiger partial charge < -0.3 is 9.72 Å². The van der Waals surface area contributed by atoms with E-state index >= 15 is 0 Å². The number of hydrogen-bond donors (Lipinski definition) is 1. The summed E-state index contributed by atoms with van der Waals surface area (Å²) in [7, 11) is 1.64. The molecule has 5 rings (SSSR count). The number of imidazole rings is 1. The zero-order valence-corrected chi connectivity index (χ0v) is 18.5. The van der Waals surface area contributed by atoms with Crippen LogP contribution in [0.4, 0.5) is 0 Å². The number of aromatic nitrogens is 2. The van der Waals surface area contributed by atoms with Crippen molar-refractivity contribution in [3.8, 4) is 5.75 Å². The minimum Gasteiger partial charge on any atom is -0.497 e. The van der Waals surface area contributed by atoms with Gasteiger partial charge >= 0.3 is 0 Å². The molecule has 30 heavy (non-hydrogen) atoms. The average molecular weight is 455 g/mol. The molecule has 0 unspecified atom stereocenters. The van der Waals surface area contributed by atoms with Crippen molar-refractivity contribution in [2.45, 2.75) is 17.6 Å². The maximum absolute atomic E-state index is 13.1. The fourth-order valence-corrected chi connectivity index (χ4v) is 5.66. The van der Waals surface area contributed by atoms with Gasteiger partial charge in [-0.1, -0.05) is 23.9 Å². The van der Waals surface area contributed by atoms with Crippen LogP contribution < -0.4 is 4.74 Å². The summed E-state index contributed by atoms with van der Waals surface area (Å²) in [6.07, 6.45) is 0.738. The third-order valence-electron chi connectivity index (χ3n) is 4.84. The molecule has 0 saturated heterocycles. The van der Waals surface area contributed by atoms with E-state index < -0.39 is 0 Å². The number of nitrogens with zero attached hydrogens (tertiary/aromatic N) is 3. The Hall–Kier alpha value is -2.62. The van der Waals surface area contributed by atoms with Gasteiger partial charge in [-0.05, 0) is 35.0 Å². The van der Waals surface area contributed by atoms with E-state index in [4.69, 9.17) is 9.84 Å². The molecule has 0 spiro atoms. The number of thiophene rings is 2. The average Bonchev–Trinajstić information content (AvgIpc) is 3.55. The second-order valence-corrected chi connectivity index (χ2v) is 9.60. The predicted octanol–water partition coefficient (Wildman–Crippen LogP) is 5.16. The van der Waals surface area contributed by atoms with Crippen LogP contribution in [0.1, 0.15) is 22.2 Å². The number of amides is 1. The van der Waals surface area contributed by atoms with Crippen molar-refractivity contribution in [2.24, 2.45) is 5.10 Å². The molecule has 152 valence electrons. The first-order valence-electron chi connectivity index (χ1n) is 9.34. The van der Waals surface area contributed by atoms with Gasteiger partial charge in [-0.2, -0.15) is 5.10 Å². The maximum atomic E-state index is 13.1. The Morgan fingerprint density at radius 1 is 1.27 bits per heavy atom. The summed E-state index contributed by atoms with van der Waals surface area (Å²) in [6, 6.07) is 13.8. The minimum absolute atomic E-state index is 0.0250. The Bertz CT molecular complexity index is 1200. The van der Waals surface area contributed by atoms with Crippen LogP contribution in [-0.2, 0) is 4.79 Å². The van der Waals surface area contributed by atoms with Crippen molar-refractivity contribution >= 4 is 57.1 Å². The number of ether oxygens (including phenoxy) is 1. The van der Waals surface area contributed by atoms with Crippen molar-refractivity contribution in [3.05, 3.63) is 63.0 Å². The molecule has 1 aliphatic heterocycles. The first kappa shape index (κ1) is 19.3. The number of carbonyl (C=O) groups is 1. The topological polar surface area (TPSA) is 70.6 Å². The van der Waals surface area contributed by atoms with Crippen LogP contribution in [0.25, 0.3) is 11.0 Å². The fourth-order valence-electron chi connectivity index (χ4n) is 3.39. The van der Waals surface area contributed by atoms with Crippen molar-refractivity contribution in [2.75, 3.05) is 12.9 Å². The number of rotatable bonds is 6. The van der Waals surface area contributed by atoms with Crippen LogP contribution in [0.5, 0.6) is 5.75 Å². The van der Waals surface area contributed by atoms with Gasteiger partial charge in [0.25, 0.3) is 5.91 Å². The second-order valence-electron chi connectivity index (χ2n) is 6.71. The molecular formula is C21H18N4O2S3. The lowest BCUT2D eigenvalue weighted by Crippen LogP contribution is -2.28. The van der Waals surface area contributed by atoms with Crippen LogP contribution in [-0.4, -0.2) is 39.5 Å². The summed E-state index contributed by atoms with van der Waals surface area (Å²) >= 11 is 4.70. The summed E-state index contributed by atoms with van der Waals surface area (Å²) in [4.78, 5) is 23.2. The Balaban J connectivity index is 1.34. The summed E-state index contributed by atoms with van der Waals surface area (Å²) in [5, 5.41) is 11.1. The van der Waals surface area contributed by atoms with Crippen molar-refractivity contribution in [1.29, 1.82) is 0 Å². The van der Waals surface area contributed by atoms with E-state index in [1.165, 1.54) is 11.8 Å². The van der Waals surface area contributed by atoms with E-state index in [1.807, 2.05) is 41.1 Å². The molecule has 0 aliphatic carbocycles. The zero-order valence-electron chi connectivity index (χ0n) is 16.1. The highest BCUT2D eigenvalue weighted by atomic mass is 32.2. The van der Waals surface area contributed by atoms with E-state index in [1.54, 1.807) is 34.8 Å². The third kappa shape index (κ3) is 3.76. The molecule has 3 aromatic heterocycles. The van der Waals surface area contributed by atoms with Crippen LogP contribution >= 0.6 is 34.4 Å². The van der Waals surface area contributed by atoms with E-state index in [2.05, 4.69) is 22.1 Å². The number of aromatic amines is 1. The highest BCUT2D eigenvalue weighted by Gasteiger charge is 2.34. The zero-order chi connectivity index (χ0) is 20.5.